The molecule has 2 rings (SSSR count). The Morgan fingerprint density at radius 1 is 1.26 bits per heavy atom. The quantitative estimate of drug-likeness (QED) is 0.866. The number of hydrogen-bond acceptors (Lipinski definition) is 4. The minimum Gasteiger partial charge on any atom is -0.320 e. The fraction of sp³-hybridized carbons (Fsp3) is 0.267. The van der Waals surface area contributed by atoms with Gasteiger partial charge in [0.2, 0.25) is 0 Å². The van der Waals surface area contributed by atoms with E-state index in [2.05, 4.69) is 40.2 Å². The Balaban J connectivity index is 1.99. The summed E-state index contributed by atoms with van der Waals surface area (Å²) in [6.45, 7) is 2.21. The van der Waals surface area contributed by atoms with Gasteiger partial charge in [0.25, 0.3) is 0 Å². The van der Waals surface area contributed by atoms with Crippen molar-refractivity contribution in [3.8, 4) is 11.8 Å². The molecule has 2 aromatic heterocycles. The van der Waals surface area contributed by atoms with Crippen LogP contribution in [0.1, 0.15) is 16.0 Å². The van der Waals surface area contributed by atoms with E-state index in [1.165, 1.54) is 10.4 Å². The van der Waals surface area contributed by atoms with E-state index < -0.39 is 0 Å². The van der Waals surface area contributed by atoms with E-state index >= 15 is 0 Å². The van der Waals surface area contributed by atoms with Crippen LogP contribution in [0.15, 0.2) is 36.0 Å². The molecule has 19 heavy (non-hydrogen) atoms. The van der Waals surface area contributed by atoms with Crippen LogP contribution in [0.3, 0.4) is 0 Å². The highest BCUT2D eigenvalue weighted by molar-refractivity contribution is 7.10. The molecule has 0 radical (unpaired) electrons. The molecule has 4 heteroatoms. The zero-order valence-electron chi connectivity index (χ0n) is 11.0. The summed E-state index contributed by atoms with van der Waals surface area (Å²) in [5.41, 5.74) is 7.77. The van der Waals surface area contributed by atoms with Crippen LogP contribution in [-0.2, 0) is 13.1 Å². The molecular weight excluding hydrogens is 254 g/mol. The summed E-state index contributed by atoms with van der Waals surface area (Å²) in [5.74, 6) is 6.03. The van der Waals surface area contributed by atoms with Gasteiger partial charge in [-0.15, -0.1) is 11.3 Å². The highest BCUT2D eigenvalue weighted by atomic mass is 32.1. The second-order valence-corrected chi connectivity index (χ2v) is 5.29. The van der Waals surface area contributed by atoms with Crippen LogP contribution >= 0.6 is 11.3 Å². The minimum atomic E-state index is 0.405. The Morgan fingerprint density at radius 3 is 2.79 bits per heavy atom. The smallest absolute Gasteiger partial charge is 0.0555 e. The summed E-state index contributed by atoms with van der Waals surface area (Å²) in [6, 6.07) is 6.14. The molecule has 0 spiro atoms. The number of thiophene rings is 1. The zero-order valence-corrected chi connectivity index (χ0v) is 11.8. The van der Waals surface area contributed by atoms with Crippen LogP contribution in [-0.4, -0.2) is 23.5 Å². The lowest BCUT2D eigenvalue weighted by Gasteiger charge is -2.15. The van der Waals surface area contributed by atoms with Gasteiger partial charge in [-0.25, -0.2) is 0 Å². The third-order valence-electron chi connectivity index (χ3n) is 2.69. The van der Waals surface area contributed by atoms with Crippen molar-refractivity contribution in [2.24, 2.45) is 5.73 Å². The van der Waals surface area contributed by atoms with Gasteiger partial charge >= 0.3 is 0 Å². The van der Waals surface area contributed by atoms with Gasteiger partial charge in [0.15, 0.2) is 0 Å². The lowest BCUT2D eigenvalue weighted by atomic mass is 10.2. The number of hydrogen-bond donors (Lipinski definition) is 1. The van der Waals surface area contributed by atoms with E-state index in [4.69, 9.17) is 5.73 Å². The first-order valence-corrected chi connectivity index (χ1v) is 7.00. The molecule has 3 nitrogen and oxygen atoms in total. The first-order valence-electron chi connectivity index (χ1n) is 6.12. The second kappa shape index (κ2) is 7.05. The first-order chi connectivity index (χ1) is 9.29. The van der Waals surface area contributed by atoms with Crippen LogP contribution in [0, 0.1) is 11.8 Å². The number of nitrogens with two attached hydrogens (primary N) is 1. The standard InChI is InChI=1S/C15H17N3S/c1-18(11-13-4-8-17-9-5-13)12-15-14(3-2-7-16)6-10-19-15/h4-6,8-10H,7,11-12,16H2,1H3. The molecule has 0 aromatic carbocycles. The summed E-state index contributed by atoms with van der Waals surface area (Å²) in [7, 11) is 2.11. The second-order valence-electron chi connectivity index (χ2n) is 4.29. The third kappa shape index (κ3) is 4.18. The van der Waals surface area contributed by atoms with Crippen LogP contribution in [0.5, 0.6) is 0 Å². The molecule has 0 amide bonds. The maximum Gasteiger partial charge on any atom is 0.0555 e. The molecule has 0 saturated carbocycles. The molecule has 2 N–H and O–H groups in total. The van der Waals surface area contributed by atoms with Crippen LogP contribution in [0.2, 0.25) is 0 Å². The number of aromatic nitrogens is 1. The Morgan fingerprint density at radius 2 is 2.05 bits per heavy atom. The van der Waals surface area contributed by atoms with Gasteiger partial charge in [0.1, 0.15) is 0 Å². The average molecular weight is 271 g/mol. The Bertz CT molecular complexity index is 566. The summed E-state index contributed by atoms with van der Waals surface area (Å²) in [4.78, 5) is 7.59. The molecule has 0 bridgehead atoms. The summed E-state index contributed by atoms with van der Waals surface area (Å²) >= 11 is 1.74. The predicted octanol–water partition coefficient (Wildman–Crippen LogP) is 2.09. The third-order valence-corrected chi connectivity index (χ3v) is 3.59. The fourth-order valence-corrected chi connectivity index (χ4v) is 2.73. The van der Waals surface area contributed by atoms with Gasteiger partial charge in [-0.2, -0.15) is 0 Å². The number of pyridine rings is 1. The van der Waals surface area contributed by atoms with Crippen molar-refractivity contribution < 1.29 is 0 Å². The largest absolute Gasteiger partial charge is 0.320 e. The van der Waals surface area contributed by atoms with Crippen LogP contribution in [0.4, 0.5) is 0 Å². The molecule has 0 aliphatic carbocycles. The highest BCUT2D eigenvalue weighted by Crippen LogP contribution is 2.18. The van der Waals surface area contributed by atoms with E-state index in [-0.39, 0.29) is 0 Å². The lowest BCUT2D eigenvalue weighted by Crippen LogP contribution is -2.17. The van der Waals surface area contributed by atoms with Gasteiger partial charge in [-0.1, -0.05) is 11.8 Å². The molecular formula is C15H17N3S. The monoisotopic (exact) mass is 271 g/mol. The maximum atomic E-state index is 5.41. The van der Waals surface area contributed by atoms with Gasteiger partial charge in [0, 0.05) is 35.9 Å². The molecule has 0 atom stereocenters. The molecule has 0 aliphatic rings. The van der Waals surface area contributed by atoms with Crippen molar-refractivity contribution in [3.63, 3.8) is 0 Å². The Hall–Kier alpha value is -1.67. The van der Waals surface area contributed by atoms with Crippen LogP contribution < -0.4 is 5.73 Å². The topological polar surface area (TPSA) is 42.2 Å². The van der Waals surface area contributed by atoms with E-state index in [9.17, 15) is 0 Å². The maximum absolute atomic E-state index is 5.41. The van der Waals surface area contributed by atoms with E-state index in [1.807, 2.05) is 24.5 Å². The molecule has 98 valence electrons. The van der Waals surface area contributed by atoms with E-state index in [1.54, 1.807) is 11.3 Å². The van der Waals surface area contributed by atoms with Crippen molar-refractivity contribution >= 4 is 11.3 Å². The van der Waals surface area contributed by atoms with Gasteiger partial charge in [-0.05, 0) is 36.2 Å². The molecule has 2 heterocycles. The zero-order chi connectivity index (χ0) is 13.5. The van der Waals surface area contributed by atoms with E-state index in [0.29, 0.717) is 6.54 Å². The first kappa shape index (κ1) is 13.8. The van der Waals surface area contributed by atoms with Gasteiger partial charge < -0.3 is 5.73 Å². The van der Waals surface area contributed by atoms with Crippen molar-refractivity contribution in [2.75, 3.05) is 13.6 Å². The highest BCUT2D eigenvalue weighted by Gasteiger charge is 2.06. The minimum absolute atomic E-state index is 0.405. The molecule has 0 unspecified atom stereocenters. The molecule has 0 saturated heterocycles. The predicted molar refractivity (Wildman–Crippen MR) is 79.7 cm³/mol. The van der Waals surface area contributed by atoms with Crippen molar-refractivity contribution in [1.82, 2.24) is 9.88 Å². The van der Waals surface area contributed by atoms with Gasteiger partial charge in [-0.3, -0.25) is 9.88 Å². The number of nitrogens with zero attached hydrogens (tertiary/aromatic N) is 2. The fourth-order valence-electron chi connectivity index (χ4n) is 1.82. The molecule has 2 aromatic rings. The van der Waals surface area contributed by atoms with Crippen molar-refractivity contribution in [3.05, 3.63) is 52.0 Å². The molecule has 0 aliphatic heterocycles. The summed E-state index contributed by atoms with van der Waals surface area (Å²) in [6.07, 6.45) is 3.65. The number of rotatable bonds is 4. The van der Waals surface area contributed by atoms with Crippen molar-refractivity contribution in [2.45, 2.75) is 13.1 Å². The average Bonchev–Trinajstić information content (AvgIpc) is 2.84. The van der Waals surface area contributed by atoms with Crippen LogP contribution in [0.25, 0.3) is 0 Å². The van der Waals surface area contributed by atoms with Crippen molar-refractivity contribution in [1.29, 1.82) is 0 Å². The Kier molecular flexibility index (Phi) is 5.10. The lowest BCUT2D eigenvalue weighted by molar-refractivity contribution is 0.321. The normalized spacial score (nSPS) is 10.3. The summed E-state index contributed by atoms with van der Waals surface area (Å²) in [5, 5.41) is 2.08. The Labute approximate surface area is 118 Å². The molecule has 0 fully saturated rings. The summed E-state index contributed by atoms with van der Waals surface area (Å²) < 4.78 is 0. The van der Waals surface area contributed by atoms with E-state index in [0.717, 1.165) is 18.7 Å². The van der Waals surface area contributed by atoms with Gasteiger partial charge in [0.05, 0.1) is 6.54 Å². The SMILES string of the molecule is CN(Cc1ccncc1)Cc1sccc1C#CCN.